The van der Waals surface area contributed by atoms with Gasteiger partial charge in [-0.25, -0.2) is 0 Å². The summed E-state index contributed by atoms with van der Waals surface area (Å²) in [5, 5.41) is 5.88. The van der Waals surface area contributed by atoms with Gasteiger partial charge in [-0.05, 0) is 41.3 Å². The normalized spacial score (nSPS) is 17.1. The summed E-state index contributed by atoms with van der Waals surface area (Å²) in [6.07, 6.45) is 1.08. The van der Waals surface area contributed by atoms with Crippen LogP contribution in [-0.4, -0.2) is 19.0 Å². The Hall–Kier alpha value is -2.14. The Labute approximate surface area is 168 Å². The van der Waals surface area contributed by atoms with Crippen LogP contribution >= 0.6 is 22.9 Å². The summed E-state index contributed by atoms with van der Waals surface area (Å²) < 4.78 is 0. The number of quaternary nitrogens is 1. The lowest BCUT2D eigenvalue weighted by molar-refractivity contribution is -0.945. The number of amides is 1. The highest BCUT2D eigenvalue weighted by Gasteiger charge is 2.29. The van der Waals surface area contributed by atoms with E-state index in [1.165, 1.54) is 20.9 Å². The molecule has 4 rings (SSSR count). The van der Waals surface area contributed by atoms with Crippen LogP contribution in [0.5, 0.6) is 0 Å². The Morgan fingerprint density at radius 3 is 2.59 bits per heavy atom. The molecule has 2 N–H and O–H groups in total. The molecule has 0 saturated carbocycles. The van der Waals surface area contributed by atoms with Crippen LogP contribution in [0.15, 0.2) is 66.0 Å². The second-order valence-electron chi connectivity index (χ2n) is 6.89. The molecule has 0 aliphatic carbocycles. The number of carbonyl (C=O) groups excluding carboxylic acids is 1. The Kier molecular flexibility index (Phi) is 5.58. The molecule has 138 valence electrons. The van der Waals surface area contributed by atoms with Crippen molar-refractivity contribution in [2.75, 3.05) is 13.1 Å². The quantitative estimate of drug-likeness (QED) is 0.678. The third-order valence-corrected chi connectivity index (χ3v) is 6.44. The topological polar surface area (TPSA) is 33.5 Å². The molecule has 27 heavy (non-hydrogen) atoms. The van der Waals surface area contributed by atoms with E-state index in [-0.39, 0.29) is 11.9 Å². The lowest BCUT2D eigenvalue weighted by atomic mass is 9.98. The Bertz CT molecular complexity index is 908. The summed E-state index contributed by atoms with van der Waals surface area (Å²) in [6, 6.07) is 20.2. The first-order chi connectivity index (χ1) is 13.2. The van der Waals surface area contributed by atoms with E-state index in [1.807, 2.05) is 0 Å². The first-order valence-corrected chi connectivity index (χ1v) is 10.4. The summed E-state index contributed by atoms with van der Waals surface area (Å²) in [6.45, 7) is 2.70. The molecular weight excluding hydrogens is 376 g/mol. The number of halogens is 1. The number of fused-ring (bicyclic) bond motifs is 1. The van der Waals surface area contributed by atoms with E-state index in [4.69, 9.17) is 11.6 Å². The van der Waals surface area contributed by atoms with E-state index >= 15 is 0 Å². The van der Waals surface area contributed by atoms with Crippen molar-refractivity contribution < 1.29 is 9.69 Å². The van der Waals surface area contributed by atoms with Crippen LogP contribution in [0.3, 0.4) is 0 Å². The summed E-state index contributed by atoms with van der Waals surface area (Å²) in [7, 11) is 0. The standard InChI is InChI=1S/C22H21ClN2OS/c23-19-9-7-17(8-10-19)22(26)24-14-20(21-6-3-13-27-21)25-12-11-16-4-1-2-5-18(16)15-25/h1-10,13,20H,11-12,14-15H2,(H,24,26)/p+1/t20-/m0/s1. The number of nitrogens with one attached hydrogen (secondary N) is 2. The third-order valence-electron chi connectivity index (χ3n) is 5.20. The number of hydrogen-bond donors (Lipinski definition) is 2. The molecule has 5 heteroatoms. The van der Waals surface area contributed by atoms with Crippen LogP contribution < -0.4 is 10.2 Å². The van der Waals surface area contributed by atoms with Crippen molar-refractivity contribution in [3.8, 4) is 0 Å². The zero-order chi connectivity index (χ0) is 18.6. The maximum Gasteiger partial charge on any atom is 0.251 e. The highest BCUT2D eigenvalue weighted by molar-refractivity contribution is 7.10. The average molecular weight is 398 g/mol. The van der Waals surface area contributed by atoms with Crippen LogP contribution in [0.2, 0.25) is 5.02 Å². The van der Waals surface area contributed by atoms with Gasteiger partial charge in [-0.3, -0.25) is 4.79 Å². The Balaban J connectivity index is 1.49. The molecule has 0 spiro atoms. The fourth-order valence-electron chi connectivity index (χ4n) is 3.73. The number of rotatable bonds is 5. The van der Waals surface area contributed by atoms with Crippen molar-refractivity contribution in [3.05, 3.63) is 92.6 Å². The van der Waals surface area contributed by atoms with Gasteiger partial charge in [0.2, 0.25) is 0 Å². The summed E-state index contributed by atoms with van der Waals surface area (Å²) >= 11 is 7.69. The summed E-state index contributed by atoms with van der Waals surface area (Å²) in [5.41, 5.74) is 3.52. The van der Waals surface area contributed by atoms with Gasteiger partial charge in [0, 0.05) is 22.6 Å². The smallest absolute Gasteiger partial charge is 0.251 e. The van der Waals surface area contributed by atoms with Gasteiger partial charge in [0.15, 0.2) is 0 Å². The maximum atomic E-state index is 12.6. The molecular formula is C22H22ClN2OS+. The van der Waals surface area contributed by atoms with Gasteiger partial charge in [-0.2, -0.15) is 0 Å². The van der Waals surface area contributed by atoms with Gasteiger partial charge < -0.3 is 10.2 Å². The largest absolute Gasteiger partial charge is 0.346 e. The van der Waals surface area contributed by atoms with Crippen molar-refractivity contribution in [1.82, 2.24) is 5.32 Å². The molecule has 1 aliphatic rings. The van der Waals surface area contributed by atoms with Crippen LogP contribution in [0.4, 0.5) is 0 Å². The molecule has 2 heterocycles. The minimum absolute atomic E-state index is 0.0509. The predicted octanol–water partition coefficient (Wildman–Crippen LogP) is 3.51. The van der Waals surface area contributed by atoms with Crippen LogP contribution in [0.25, 0.3) is 0 Å². The fourth-order valence-corrected chi connectivity index (χ4v) is 4.74. The lowest BCUT2D eigenvalue weighted by Crippen LogP contribution is -3.12. The average Bonchev–Trinajstić information content (AvgIpc) is 3.23. The Morgan fingerprint density at radius 2 is 1.85 bits per heavy atom. The van der Waals surface area contributed by atoms with Gasteiger partial charge in [0.1, 0.15) is 12.6 Å². The first kappa shape index (κ1) is 18.2. The van der Waals surface area contributed by atoms with E-state index in [9.17, 15) is 4.79 Å². The molecule has 3 nitrogen and oxygen atoms in total. The monoisotopic (exact) mass is 397 g/mol. The SMILES string of the molecule is O=C(NC[C@@H](c1cccs1)[NH+]1CCc2ccccc2C1)c1ccc(Cl)cc1. The van der Waals surface area contributed by atoms with Crippen molar-refractivity contribution in [2.45, 2.75) is 19.0 Å². The van der Waals surface area contributed by atoms with Crippen LogP contribution in [-0.2, 0) is 13.0 Å². The lowest BCUT2D eigenvalue weighted by Gasteiger charge is -2.32. The van der Waals surface area contributed by atoms with E-state index in [0.717, 1.165) is 19.5 Å². The number of carbonyl (C=O) groups is 1. The van der Waals surface area contributed by atoms with E-state index in [0.29, 0.717) is 17.1 Å². The second-order valence-corrected chi connectivity index (χ2v) is 8.30. The predicted molar refractivity (Wildman–Crippen MR) is 111 cm³/mol. The van der Waals surface area contributed by atoms with Crippen molar-refractivity contribution in [3.63, 3.8) is 0 Å². The fraction of sp³-hybridized carbons (Fsp3) is 0.227. The van der Waals surface area contributed by atoms with Crippen molar-refractivity contribution in [1.29, 1.82) is 0 Å². The van der Waals surface area contributed by atoms with Crippen molar-refractivity contribution in [2.24, 2.45) is 0 Å². The van der Waals surface area contributed by atoms with Gasteiger partial charge in [-0.1, -0.05) is 41.9 Å². The first-order valence-electron chi connectivity index (χ1n) is 9.19. The van der Waals surface area contributed by atoms with Gasteiger partial charge >= 0.3 is 0 Å². The molecule has 2 aromatic carbocycles. The van der Waals surface area contributed by atoms with Crippen LogP contribution in [0.1, 0.15) is 32.4 Å². The highest BCUT2D eigenvalue weighted by atomic mass is 35.5. The third kappa shape index (κ3) is 4.24. The second kappa shape index (κ2) is 8.26. The Morgan fingerprint density at radius 1 is 1.07 bits per heavy atom. The molecule has 1 aliphatic heterocycles. The minimum Gasteiger partial charge on any atom is -0.346 e. The maximum absolute atomic E-state index is 12.6. The van der Waals surface area contributed by atoms with Crippen LogP contribution in [0, 0.1) is 0 Å². The molecule has 1 aromatic heterocycles. The molecule has 0 saturated heterocycles. The summed E-state index contributed by atoms with van der Waals surface area (Å²) in [5.74, 6) is -0.0509. The number of benzene rings is 2. The molecule has 0 radical (unpaired) electrons. The highest BCUT2D eigenvalue weighted by Crippen LogP contribution is 2.19. The van der Waals surface area contributed by atoms with Crippen molar-refractivity contribution >= 4 is 28.8 Å². The molecule has 0 bridgehead atoms. The number of thiophene rings is 1. The zero-order valence-corrected chi connectivity index (χ0v) is 16.5. The molecule has 0 fully saturated rings. The zero-order valence-electron chi connectivity index (χ0n) is 15.0. The molecule has 2 atom stereocenters. The molecule has 1 amide bonds. The number of hydrogen-bond acceptors (Lipinski definition) is 2. The summed E-state index contributed by atoms with van der Waals surface area (Å²) in [4.78, 5) is 15.4. The molecule has 1 unspecified atom stereocenters. The van der Waals surface area contributed by atoms with E-state index in [1.54, 1.807) is 35.6 Å². The van der Waals surface area contributed by atoms with E-state index in [2.05, 4.69) is 47.1 Å². The molecule has 3 aromatic rings. The minimum atomic E-state index is -0.0509. The van der Waals surface area contributed by atoms with Gasteiger partial charge in [0.05, 0.1) is 18.0 Å². The van der Waals surface area contributed by atoms with Gasteiger partial charge in [0.25, 0.3) is 5.91 Å². The van der Waals surface area contributed by atoms with E-state index < -0.39 is 0 Å². The van der Waals surface area contributed by atoms with Gasteiger partial charge in [-0.15, -0.1) is 11.3 Å².